The third-order valence-corrected chi connectivity index (χ3v) is 10.6. The molecule has 0 saturated carbocycles. The Hall–Kier alpha value is -5.45. The van der Waals surface area contributed by atoms with Gasteiger partial charge < -0.3 is 0 Å². The molecular weight excluding hydrogens is 579 g/mol. The maximum Gasteiger partial charge on any atom is 0.164 e. The molecule has 0 N–H and O–H groups in total. The van der Waals surface area contributed by atoms with Crippen molar-refractivity contribution in [1.82, 2.24) is 15.0 Å². The number of rotatable bonds is 4. The van der Waals surface area contributed by atoms with Crippen molar-refractivity contribution in [3.63, 3.8) is 0 Å². The second kappa shape index (κ2) is 10.3. The molecule has 3 nitrogen and oxygen atoms in total. The van der Waals surface area contributed by atoms with Crippen molar-refractivity contribution < 1.29 is 0 Å². The average Bonchev–Trinajstić information content (AvgIpc) is 3.60. The van der Waals surface area contributed by atoms with Crippen LogP contribution < -0.4 is 0 Å². The molecule has 0 spiro atoms. The zero-order chi connectivity index (χ0) is 30.8. The van der Waals surface area contributed by atoms with Crippen LogP contribution in [0.25, 0.3) is 76.6 Å². The fourth-order valence-electron chi connectivity index (χ4n) is 7.04. The number of aromatic nitrogens is 3. The van der Waals surface area contributed by atoms with E-state index in [-0.39, 0.29) is 5.41 Å². The number of nitrogens with zero attached hydrogens (tertiary/aromatic N) is 3. The molecule has 2 heterocycles. The van der Waals surface area contributed by atoms with Gasteiger partial charge in [0.15, 0.2) is 17.5 Å². The molecule has 0 radical (unpaired) electrons. The molecule has 1 aliphatic carbocycles. The van der Waals surface area contributed by atoms with Gasteiger partial charge in [-0.25, -0.2) is 15.0 Å². The summed E-state index contributed by atoms with van der Waals surface area (Å²) in [6, 6.07) is 49.2. The van der Waals surface area contributed by atoms with Gasteiger partial charge in [0, 0.05) is 47.8 Å². The van der Waals surface area contributed by atoms with Gasteiger partial charge in [-0.05, 0) is 39.9 Å². The van der Waals surface area contributed by atoms with E-state index in [9.17, 15) is 0 Å². The van der Waals surface area contributed by atoms with Crippen LogP contribution in [0.3, 0.4) is 0 Å². The quantitative estimate of drug-likeness (QED) is 0.200. The molecule has 4 heteroatoms. The smallest absolute Gasteiger partial charge is 0.164 e. The second-order valence-corrected chi connectivity index (χ2v) is 13.5. The number of benzene rings is 6. The van der Waals surface area contributed by atoms with Crippen LogP contribution in [0.15, 0.2) is 140 Å². The monoisotopic (exact) mass is 607 g/mol. The van der Waals surface area contributed by atoms with Gasteiger partial charge in [-0.15, -0.1) is 11.3 Å². The van der Waals surface area contributed by atoms with Gasteiger partial charge in [-0.1, -0.05) is 141 Å². The van der Waals surface area contributed by atoms with Crippen LogP contribution in [-0.2, 0) is 5.41 Å². The van der Waals surface area contributed by atoms with Gasteiger partial charge >= 0.3 is 0 Å². The topological polar surface area (TPSA) is 38.7 Å². The summed E-state index contributed by atoms with van der Waals surface area (Å²) in [7, 11) is 0. The standard InChI is InChI=1S/C42H29N3S/c1-42(2)34-23-21-28(25-33(34)37-35(42)24-22-31-30-18-11-12-20-36(30)46-38(31)37)29-17-9-10-19-32(29)41-44-39(26-13-5-3-6-14-26)43-40(45-41)27-15-7-4-8-16-27/h3-25H,1-2H3. The van der Waals surface area contributed by atoms with E-state index in [1.807, 2.05) is 72.0 Å². The molecule has 0 aliphatic heterocycles. The summed E-state index contributed by atoms with van der Waals surface area (Å²) in [5.41, 5.74) is 10.5. The van der Waals surface area contributed by atoms with Crippen molar-refractivity contribution in [1.29, 1.82) is 0 Å². The lowest BCUT2D eigenvalue weighted by atomic mass is 9.82. The van der Waals surface area contributed by atoms with Gasteiger partial charge in [0.1, 0.15) is 0 Å². The Morgan fingerprint density at radius 2 is 1.04 bits per heavy atom. The van der Waals surface area contributed by atoms with E-state index in [4.69, 9.17) is 15.0 Å². The minimum atomic E-state index is -0.0868. The van der Waals surface area contributed by atoms with E-state index < -0.39 is 0 Å². The third kappa shape index (κ3) is 4.14. The van der Waals surface area contributed by atoms with E-state index >= 15 is 0 Å². The summed E-state index contributed by atoms with van der Waals surface area (Å²) >= 11 is 1.91. The van der Waals surface area contributed by atoms with Crippen LogP contribution in [0.1, 0.15) is 25.0 Å². The molecule has 46 heavy (non-hydrogen) atoms. The molecule has 0 atom stereocenters. The molecule has 218 valence electrons. The van der Waals surface area contributed by atoms with Crippen molar-refractivity contribution in [3.05, 3.63) is 151 Å². The Labute approximate surface area is 271 Å². The summed E-state index contributed by atoms with van der Waals surface area (Å²) in [4.78, 5) is 15.0. The molecule has 8 aromatic rings. The van der Waals surface area contributed by atoms with Crippen LogP contribution >= 0.6 is 11.3 Å². The highest BCUT2D eigenvalue weighted by molar-refractivity contribution is 7.26. The zero-order valence-electron chi connectivity index (χ0n) is 25.5. The summed E-state index contributed by atoms with van der Waals surface area (Å²) in [6.07, 6.45) is 0. The Morgan fingerprint density at radius 1 is 0.457 bits per heavy atom. The Bertz CT molecular complexity index is 2380. The van der Waals surface area contributed by atoms with Crippen molar-refractivity contribution in [2.24, 2.45) is 0 Å². The van der Waals surface area contributed by atoms with E-state index in [1.165, 1.54) is 42.4 Å². The molecule has 6 aromatic carbocycles. The minimum absolute atomic E-state index is 0.0868. The summed E-state index contributed by atoms with van der Waals surface area (Å²) < 4.78 is 2.70. The van der Waals surface area contributed by atoms with Crippen LogP contribution in [0.4, 0.5) is 0 Å². The number of hydrogen-bond donors (Lipinski definition) is 0. The number of thiophene rings is 1. The summed E-state index contributed by atoms with van der Waals surface area (Å²) in [6.45, 7) is 4.71. The van der Waals surface area contributed by atoms with E-state index in [2.05, 4.69) is 92.7 Å². The van der Waals surface area contributed by atoms with E-state index in [0.717, 1.165) is 27.8 Å². The van der Waals surface area contributed by atoms with Crippen LogP contribution in [0, 0.1) is 0 Å². The molecule has 0 bridgehead atoms. The highest BCUT2D eigenvalue weighted by atomic mass is 32.1. The van der Waals surface area contributed by atoms with Gasteiger partial charge in [-0.2, -0.15) is 0 Å². The van der Waals surface area contributed by atoms with Crippen LogP contribution in [-0.4, -0.2) is 15.0 Å². The SMILES string of the molecule is CC1(C)c2ccc(-c3ccccc3-c3nc(-c4ccccc4)nc(-c4ccccc4)n3)cc2-c2c1ccc1c2sc2ccccc21. The highest BCUT2D eigenvalue weighted by Gasteiger charge is 2.37. The zero-order valence-corrected chi connectivity index (χ0v) is 26.3. The van der Waals surface area contributed by atoms with Gasteiger partial charge in [0.2, 0.25) is 0 Å². The predicted molar refractivity (Wildman–Crippen MR) is 192 cm³/mol. The first-order valence-corrected chi connectivity index (χ1v) is 16.4. The number of fused-ring (bicyclic) bond motifs is 7. The van der Waals surface area contributed by atoms with Gasteiger partial charge in [0.05, 0.1) is 0 Å². The highest BCUT2D eigenvalue weighted by Crippen LogP contribution is 2.54. The molecular formula is C42H29N3S. The largest absolute Gasteiger partial charge is 0.208 e. The summed E-state index contributed by atoms with van der Waals surface area (Å²) in [5, 5.41) is 2.66. The average molecular weight is 608 g/mol. The first-order valence-electron chi connectivity index (χ1n) is 15.6. The van der Waals surface area contributed by atoms with Crippen molar-refractivity contribution in [3.8, 4) is 56.4 Å². The van der Waals surface area contributed by atoms with Crippen LogP contribution in [0.5, 0.6) is 0 Å². The maximum atomic E-state index is 5.06. The molecule has 1 aliphatic rings. The Kier molecular flexibility index (Phi) is 6.02. The normalized spacial score (nSPS) is 13.2. The Balaban J connectivity index is 1.25. The Morgan fingerprint density at radius 3 is 1.76 bits per heavy atom. The molecule has 0 amide bonds. The second-order valence-electron chi connectivity index (χ2n) is 12.4. The lowest BCUT2D eigenvalue weighted by Crippen LogP contribution is -2.14. The third-order valence-electron chi connectivity index (χ3n) is 9.36. The van der Waals surface area contributed by atoms with Gasteiger partial charge in [-0.3, -0.25) is 0 Å². The molecule has 9 rings (SSSR count). The van der Waals surface area contributed by atoms with E-state index in [0.29, 0.717) is 17.5 Å². The van der Waals surface area contributed by atoms with Crippen molar-refractivity contribution in [2.75, 3.05) is 0 Å². The number of hydrogen-bond acceptors (Lipinski definition) is 4. The van der Waals surface area contributed by atoms with Crippen molar-refractivity contribution >= 4 is 31.5 Å². The first-order chi connectivity index (χ1) is 22.6. The van der Waals surface area contributed by atoms with E-state index in [1.54, 1.807) is 0 Å². The van der Waals surface area contributed by atoms with Gasteiger partial charge in [0.25, 0.3) is 0 Å². The summed E-state index contributed by atoms with van der Waals surface area (Å²) in [5.74, 6) is 1.99. The van der Waals surface area contributed by atoms with Crippen molar-refractivity contribution in [2.45, 2.75) is 19.3 Å². The molecule has 0 fully saturated rings. The van der Waals surface area contributed by atoms with Crippen LogP contribution in [0.2, 0.25) is 0 Å². The lowest BCUT2D eigenvalue weighted by Gasteiger charge is -2.21. The minimum Gasteiger partial charge on any atom is -0.208 e. The fraction of sp³-hybridized carbons (Fsp3) is 0.0714. The molecule has 0 saturated heterocycles. The first kappa shape index (κ1) is 26.9. The predicted octanol–water partition coefficient (Wildman–Crippen LogP) is 11.2. The fourth-order valence-corrected chi connectivity index (χ4v) is 8.31. The molecule has 2 aromatic heterocycles. The maximum absolute atomic E-state index is 5.06. The lowest BCUT2D eigenvalue weighted by molar-refractivity contribution is 0.661. The molecule has 0 unspecified atom stereocenters.